The predicted molar refractivity (Wildman–Crippen MR) is 157 cm³/mol. The lowest BCUT2D eigenvalue weighted by Gasteiger charge is -2.30. The number of carbonyl (C=O) groups is 1. The van der Waals surface area contributed by atoms with Crippen molar-refractivity contribution in [3.8, 4) is 5.75 Å². The van der Waals surface area contributed by atoms with Gasteiger partial charge in [0, 0.05) is 0 Å². The average Bonchev–Trinajstić information content (AvgIpc) is 3.50. The number of aromatic nitrogens is 3. The van der Waals surface area contributed by atoms with Gasteiger partial charge in [-0.25, -0.2) is 14.1 Å². The van der Waals surface area contributed by atoms with Crippen LogP contribution in [0.25, 0.3) is 5.52 Å². The summed E-state index contributed by atoms with van der Waals surface area (Å²) in [5.41, 5.74) is 5.37. The summed E-state index contributed by atoms with van der Waals surface area (Å²) in [5, 5.41) is 28.9. The molecule has 1 saturated heterocycles. The highest BCUT2D eigenvalue weighted by Crippen LogP contribution is 2.48. The quantitative estimate of drug-likeness (QED) is 0.192. The van der Waals surface area contributed by atoms with Crippen molar-refractivity contribution in [2.75, 3.05) is 12.3 Å². The molecule has 1 saturated carbocycles. The first-order chi connectivity index (χ1) is 20.6. The number of fused-ring (bicyclic) bond motifs is 1. The van der Waals surface area contributed by atoms with Crippen molar-refractivity contribution in [2.45, 2.75) is 94.9 Å². The number of ether oxygens (including phenoxy) is 2. The van der Waals surface area contributed by atoms with E-state index in [1.165, 1.54) is 31.1 Å². The lowest BCUT2D eigenvalue weighted by Crippen LogP contribution is -2.45. The van der Waals surface area contributed by atoms with Crippen LogP contribution in [0.3, 0.4) is 0 Å². The fourth-order valence-electron chi connectivity index (χ4n) is 5.52. The van der Waals surface area contributed by atoms with Gasteiger partial charge in [-0.3, -0.25) is 9.32 Å². The molecule has 0 spiro atoms. The number of aliphatic hydroxyl groups is 2. The Morgan fingerprint density at radius 3 is 2.58 bits per heavy atom. The molecule has 13 nitrogen and oxygen atoms in total. The third kappa shape index (κ3) is 7.19. The molecule has 0 unspecified atom stereocenters. The first kappa shape index (κ1) is 31.4. The van der Waals surface area contributed by atoms with Gasteiger partial charge < -0.3 is 29.9 Å². The lowest BCUT2D eigenvalue weighted by molar-refractivity contribution is -0.151. The summed E-state index contributed by atoms with van der Waals surface area (Å²) >= 11 is 0. The number of esters is 1. The van der Waals surface area contributed by atoms with Gasteiger partial charge in [-0.1, -0.05) is 37.5 Å². The van der Waals surface area contributed by atoms with Gasteiger partial charge in [-0.05, 0) is 63.8 Å². The van der Waals surface area contributed by atoms with E-state index in [2.05, 4.69) is 15.2 Å². The van der Waals surface area contributed by atoms with Crippen LogP contribution in [-0.4, -0.2) is 67.3 Å². The van der Waals surface area contributed by atoms with Gasteiger partial charge in [0.15, 0.2) is 5.82 Å². The standard InChI is InChI=1S/C29H40N5O8P/c1-19(28(37)40-20-11-7-4-3-5-8-12-20)33-43(38,42-21-13-9-6-10-14-21)39-17-29(2)26(36)24(35)25(41-29)22-15-16-23-27(30)31-18-32-34(22)23/h6,9-10,13-16,18-20,24-26,35-36H,3-5,7-8,11-12,17H2,1-2H3,(H,33,38)(H2,30,31,32)/t19-,24-,25-,26-,29+,43-/m0/s1. The van der Waals surface area contributed by atoms with Crippen molar-refractivity contribution < 1.29 is 38.1 Å². The van der Waals surface area contributed by atoms with Crippen LogP contribution < -0.4 is 15.3 Å². The smallest absolute Gasteiger partial charge is 0.459 e. The molecule has 5 rings (SSSR count). The van der Waals surface area contributed by atoms with E-state index in [1.54, 1.807) is 42.5 Å². The summed E-state index contributed by atoms with van der Waals surface area (Å²) in [6.45, 7) is 2.60. The highest BCUT2D eigenvalue weighted by atomic mass is 31.2. The van der Waals surface area contributed by atoms with Crippen molar-refractivity contribution >= 4 is 25.1 Å². The maximum Gasteiger partial charge on any atom is 0.459 e. The Kier molecular flexibility index (Phi) is 9.70. The van der Waals surface area contributed by atoms with E-state index in [4.69, 9.17) is 24.3 Å². The molecule has 0 bridgehead atoms. The highest BCUT2D eigenvalue weighted by Gasteiger charge is 2.54. The van der Waals surface area contributed by atoms with Crippen LogP contribution in [0.1, 0.15) is 70.6 Å². The second-order valence-electron chi connectivity index (χ2n) is 11.4. The Balaban J connectivity index is 1.30. The van der Waals surface area contributed by atoms with Gasteiger partial charge in [0.05, 0.1) is 12.3 Å². The second kappa shape index (κ2) is 13.3. The zero-order valence-electron chi connectivity index (χ0n) is 24.4. The predicted octanol–water partition coefficient (Wildman–Crippen LogP) is 3.70. The number of benzene rings is 1. The van der Waals surface area contributed by atoms with Crippen LogP contribution >= 0.6 is 7.75 Å². The van der Waals surface area contributed by atoms with Gasteiger partial charge in [0.2, 0.25) is 0 Å². The van der Waals surface area contributed by atoms with E-state index in [0.29, 0.717) is 11.2 Å². The Bertz CT molecular complexity index is 1430. The number of para-hydroxylation sites is 1. The Morgan fingerprint density at radius 2 is 1.86 bits per heavy atom. The molecule has 5 N–H and O–H groups in total. The number of aliphatic hydroxyl groups excluding tert-OH is 2. The number of nitrogens with zero attached hydrogens (tertiary/aromatic N) is 3. The Labute approximate surface area is 250 Å². The van der Waals surface area contributed by atoms with E-state index in [-0.39, 0.29) is 17.7 Å². The lowest BCUT2D eigenvalue weighted by atomic mass is 9.97. The Morgan fingerprint density at radius 1 is 1.16 bits per heavy atom. The minimum Gasteiger partial charge on any atom is -0.461 e. The highest BCUT2D eigenvalue weighted by molar-refractivity contribution is 7.52. The number of hydrogen-bond donors (Lipinski definition) is 4. The molecule has 3 heterocycles. The Hall–Kier alpha value is -3.06. The number of carbonyl (C=O) groups excluding carboxylic acids is 1. The zero-order chi connectivity index (χ0) is 30.6. The topological polar surface area (TPSA) is 180 Å². The summed E-state index contributed by atoms with van der Waals surface area (Å²) < 4.78 is 39.1. The van der Waals surface area contributed by atoms with Crippen molar-refractivity contribution in [1.29, 1.82) is 0 Å². The molecule has 6 atom stereocenters. The van der Waals surface area contributed by atoms with E-state index >= 15 is 0 Å². The molecule has 0 radical (unpaired) electrons. The minimum absolute atomic E-state index is 0.197. The van der Waals surface area contributed by atoms with E-state index in [9.17, 15) is 19.6 Å². The molecule has 2 aromatic heterocycles. The maximum atomic E-state index is 14.1. The van der Waals surface area contributed by atoms with Crippen LogP contribution in [0.15, 0.2) is 48.8 Å². The van der Waals surface area contributed by atoms with E-state index < -0.39 is 50.3 Å². The molecule has 234 valence electrons. The molecule has 0 amide bonds. The normalized spacial score (nSPS) is 27.2. The van der Waals surface area contributed by atoms with Crippen LogP contribution in [-0.2, 0) is 23.4 Å². The number of hydrogen-bond acceptors (Lipinski definition) is 11. The minimum atomic E-state index is -4.25. The maximum absolute atomic E-state index is 14.1. The summed E-state index contributed by atoms with van der Waals surface area (Å²) in [5.74, 6) is -0.0780. The van der Waals surface area contributed by atoms with Crippen molar-refractivity contribution in [3.63, 3.8) is 0 Å². The zero-order valence-corrected chi connectivity index (χ0v) is 25.3. The second-order valence-corrected chi connectivity index (χ2v) is 13.1. The van der Waals surface area contributed by atoms with Gasteiger partial charge in [0.25, 0.3) is 0 Å². The van der Waals surface area contributed by atoms with Crippen molar-refractivity contribution in [2.24, 2.45) is 0 Å². The van der Waals surface area contributed by atoms with Crippen LogP contribution in [0.5, 0.6) is 5.75 Å². The van der Waals surface area contributed by atoms with E-state index in [0.717, 1.165) is 38.5 Å². The molecule has 1 aliphatic carbocycles. The largest absolute Gasteiger partial charge is 0.461 e. The van der Waals surface area contributed by atoms with Crippen LogP contribution in [0.4, 0.5) is 5.82 Å². The fraction of sp³-hybridized carbons (Fsp3) is 0.552. The average molecular weight is 618 g/mol. The molecule has 1 aliphatic heterocycles. The molecule has 43 heavy (non-hydrogen) atoms. The summed E-state index contributed by atoms with van der Waals surface area (Å²) in [7, 11) is -4.25. The molecular weight excluding hydrogens is 577 g/mol. The SMILES string of the molecule is C[C@H](N[P@](=O)(OC[C@@]1(C)O[C@@H](c2ccc3c(N)ncnn23)[C@H](O)[C@@H]1O)Oc1ccccc1)C(=O)OC1CCCCCCC1. The monoisotopic (exact) mass is 617 g/mol. The molecule has 1 aromatic carbocycles. The number of nitrogens with one attached hydrogen (secondary N) is 1. The summed E-state index contributed by atoms with van der Waals surface area (Å²) in [4.78, 5) is 17.0. The fourth-order valence-corrected chi connectivity index (χ4v) is 7.10. The van der Waals surface area contributed by atoms with Crippen LogP contribution in [0.2, 0.25) is 0 Å². The number of rotatable bonds is 10. The molecule has 2 fully saturated rings. The first-order valence-electron chi connectivity index (χ1n) is 14.7. The van der Waals surface area contributed by atoms with Gasteiger partial charge in [-0.2, -0.15) is 10.2 Å². The molecule has 2 aliphatic rings. The van der Waals surface area contributed by atoms with E-state index in [1.807, 2.05) is 0 Å². The molecule has 3 aromatic rings. The summed E-state index contributed by atoms with van der Waals surface area (Å²) in [6, 6.07) is 10.7. The van der Waals surface area contributed by atoms with Gasteiger partial charge >= 0.3 is 13.7 Å². The molecule has 14 heteroatoms. The number of nitrogen functional groups attached to an aromatic ring is 1. The van der Waals surface area contributed by atoms with Gasteiger partial charge in [0.1, 0.15) is 53.7 Å². The van der Waals surface area contributed by atoms with Crippen LogP contribution in [0, 0.1) is 0 Å². The number of anilines is 1. The summed E-state index contributed by atoms with van der Waals surface area (Å²) in [6.07, 6.45) is 4.24. The van der Waals surface area contributed by atoms with Crippen molar-refractivity contribution in [1.82, 2.24) is 19.7 Å². The third-order valence-corrected chi connectivity index (χ3v) is 9.61. The first-order valence-corrected chi connectivity index (χ1v) is 16.2. The third-order valence-electron chi connectivity index (χ3n) is 7.99. The van der Waals surface area contributed by atoms with Crippen molar-refractivity contribution in [3.05, 3.63) is 54.5 Å². The van der Waals surface area contributed by atoms with Gasteiger partial charge in [-0.15, -0.1) is 0 Å². The molecular formula is C29H40N5O8P. The number of nitrogens with two attached hydrogens (primary N) is 1.